The quantitative estimate of drug-likeness (QED) is 0.376. The van der Waals surface area contributed by atoms with Crippen LogP contribution in [0, 0.1) is 6.92 Å². The van der Waals surface area contributed by atoms with Gasteiger partial charge in [0.15, 0.2) is 0 Å². The smallest absolute Gasteiger partial charge is 0.348 e. The summed E-state index contributed by atoms with van der Waals surface area (Å²) in [7, 11) is 3.37. The Balaban J connectivity index is 2.05. The number of hydrogen-bond donors (Lipinski definition) is 1. The molecule has 0 amide bonds. The van der Waals surface area contributed by atoms with Gasteiger partial charge in [-0.25, -0.2) is 9.78 Å². The average molecular weight is 408 g/mol. The number of halogens is 1. The molecular weight excluding hydrogens is 390 g/mol. The summed E-state index contributed by atoms with van der Waals surface area (Å²) in [5.41, 5.74) is 1.54. The lowest BCUT2D eigenvalue weighted by molar-refractivity contribution is 0.0393. The van der Waals surface area contributed by atoms with E-state index in [-0.39, 0.29) is 17.6 Å². The van der Waals surface area contributed by atoms with Crippen LogP contribution >= 0.6 is 22.9 Å². The number of phenolic OH excluding ortho intramolecular Hbond substituents is 1. The minimum absolute atomic E-state index is 0.0867. The average Bonchev–Trinajstić information content (AvgIpc) is 2.97. The molecule has 1 N–H and O–H groups in total. The minimum atomic E-state index is -0.429. The molecule has 0 aliphatic carbocycles. The maximum atomic E-state index is 12.4. The van der Waals surface area contributed by atoms with Crippen LogP contribution in [0.4, 0.5) is 11.5 Å². The Labute approximate surface area is 165 Å². The van der Waals surface area contributed by atoms with Crippen LogP contribution in [0.2, 0.25) is 5.28 Å². The Hall–Kier alpha value is -2.42. The van der Waals surface area contributed by atoms with E-state index in [9.17, 15) is 9.90 Å². The van der Waals surface area contributed by atoms with Crippen LogP contribution in [-0.2, 0) is 9.47 Å². The molecule has 142 valence electrons. The lowest BCUT2D eigenvalue weighted by Gasteiger charge is -2.19. The number of thiophene rings is 1. The highest BCUT2D eigenvalue weighted by Crippen LogP contribution is 2.38. The summed E-state index contributed by atoms with van der Waals surface area (Å²) in [5, 5.41) is 10.3. The molecule has 0 aliphatic heterocycles. The topological polar surface area (TPSA) is 84.8 Å². The SMILES string of the molecule is COCCOC(=O)c1sc2nc(Cl)nc(N(C)c3ccc(O)cc3)c2c1C. The third-order valence-electron chi connectivity index (χ3n) is 4.00. The van der Waals surface area contributed by atoms with E-state index >= 15 is 0 Å². The fourth-order valence-corrected chi connectivity index (χ4v) is 3.90. The van der Waals surface area contributed by atoms with Crippen LogP contribution < -0.4 is 4.90 Å². The van der Waals surface area contributed by atoms with E-state index in [0.29, 0.717) is 22.1 Å². The van der Waals surface area contributed by atoms with Crippen LogP contribution in [0.3, 0.4) is 0 Å². The van der Waals surface area contributed by atoms with E-state index in [1.807, 2.05) is 18.9 Å². The molecule has 27 heavy (non-hydrogen) atoms. The first kappa shape index (κ1) is 19.3. The van der Waals surface area contributed by atoms with Crippen molar-refractivity contribution >= 4 is 50.6 Å². The van der Waals surface area contributed by atoms with Crippen molar-refractivity contribution < 1.29 is 19.4 Å². The van der Waals surface area contributed by atoms with Crippen LogP contribution in [0.15, 0.2) is 24.3 Å². The third kappa shape index (κ3) is 3.97. The summed E-state index contributed by atoms with van der Waals surface area (Å²) in [6, 6.07) is 6.70. The van der Waals surface area contributed by atoms with Gasteiger partial charge in [0.05, 0.1) is 12.0 Å². The molecule has 2 heterocycles. The molecule has 3 rings (SSSR count). The van der Waals surface area contributed by atoms with Crippen LogP contribution in [0.25, 0.3) is 10.2 Å². The lowest BCUT2D eigenvalue weighted by Crippen LogP contribution is -2.12. The molecule has 0 aliphatic rings. The highest BCUT2D eigenvalue weighted by molar-refractivity contribution is 7.20. The normalized spacial score (nSPS) is 11.0. The predicted molar refractivity (Wildman–Crippen MR) is 105 cm³/mol. The van der Waals surface area contributed by atoms with Gasteiger partial charge in [-0.3, -0.25) is 0 Å². The minimum Gasteiger partial charge on any atom is -0.508 e. The fourth-order valence-electron chi connectivity index (χ4n) is 2.61. The van der Waals surface area contributed by atoms with Crippen LogP contribution in [0.1, 0.15) is 15.2 Å². The number of esters is 1. The molecule has 9 heteroatoms. The summed E-state index contributed by atoms with van der Waals surface area (Å²) in [6.07, 6.45) is 0. The van der Waals surface area contributed by atoms with Crippen LogP contribution in [0.5, 0.6) is 5.75 Å². The number of aromatic nitrogens is 2. The van der Waals surface area contributed by atoms with Gasteiger partial charge in [-0.2, -0.15) is 4.98 Å². The number of carbonyl (C=O) groups excluding carboxylic acids is 1. The first-order valence-corrected chi connectivity index (χ1v) is 9.27. The zero-order valence-electron chi connectivity index (χ0n) is 15.0. The van der Waals surface area contributed by atoms with Crippen molar-refractivity contribution in [1.29, 1.82) is 0 Å². The van der Waals surface area contributed by atoms with Gasteiger partial charge >= 0.3 is 5.97 Å². The summed E-state index contributed by atoms with van der Waals surface area (Å²) in [6.45, 7) is 2.34. The highest BCUT2D eigenvalue weighted by atomic mass is 35.5. The first-order chi connectivity index (χ1) is 12.9. The van der Waals surface area contributed by atoms with Crippen molar-refractivity contribution in [2.24, 2.45) is 0 Å². The number of carbonyl (C=O) groups is 1. The van der Waals surface area contributed by atoms with Gasteiger partial charge in [0.25, 0.3) is 0 Å². The number of anilines is 2. The summed E-state index contributed by atoms with van der Waals surface area (Å²) in [5.74, 6) is 0.313. The number of hydrogen-bond acceptors (Lipinski definition) is 8. The van der Waals surface area contributed by atoms with Crippen molar-refractivity contribution in [2.45, 2.75) is 6.92 Å². The zero-order valence-corrected chi connectivity index (χ0v) is 16.6. The fraction of sp³-hybridized carbons (Fsp3) is 0.278. The Morgan fingerprint density at radius 2 is 1.96 bits per heavy atom. The molecule has 0 atom stereocenters. The monoisotopic (exact) mass is 407 g/mol. The first-order valence-electron chi connectivity index (χ1n) is 8.07. The Kier molecular flexibility index (Phi) is 5.79. The number of methoxy groups -OCH3 is 1. The number of nitrogens with zero attached hydrogens (tertiary/aromatic N) is 3. The lowest BCUT2D eigenvalue weighted by atomic mass is 10.2. The molecular formula is C18H18ClN3O4S. The largest absolute Gasteiger partial charge is 0.508 e. The van der Waals surface area contributed by atoms with Gasteiger partial charge in [0, 0.05) is 19.8 Å². The predicted octanol–water partition coefficient (Wildman–Crippen LogP) is 3.93. The molecule has 0 saturated carbocycles. The van der Waals surface area contributed by atoms with Gasteiger partial charge in [0.1, 0.15) is 27.9 Å². The molecule has 1 aromatic carbocycles. The number of aromatic hydroxyl groups is 1. The third-order valence-corrected chi connectivity index (χ3v) is 5.34. The maximum absolute atomic E-state index is 12.4. The second-order valence-corrected chi connectivity index (χ2v) is 7.09. The summed E-state index contributed by atoms with van der Waals surface area (Å²) < 4.78 is 10.1. The number of benzene rings is 1. The summed E-state index contributed by atoms with van der Waals surface area (Å²) >= 11 is 7.33. The Morgan fingerprint density at radius 1 is 1.26 bits per heavy atom. The van der Waals surface area contributed by atoms with E-state index in [2.05, 4.69) is 9.97 Å². The van der Waals surface area contributed by atoms with E-state index in [0.717, 1.165) is 16.6 Å². The molecule has 0 saturated heterocycles. The van der Waals surface area contributed by atoms with Crippen molar-refractivity contribution in [3.05, 3.63) is 40.0 Å². The number of ether oxygens (including phenoxy) is 2. The molecule has 0 spiro atoms. The van der Waals surface area contributed by atoms with Crippen molar-refractivity contribution in [2.75, 3.05) is 32.3 Å². The highest BCUT2D eigenvalue weighted by Gasteiger charge is 2.23. The summed E-state index contributed by atoms with van der Waals surface area (Å²) in [4.78, 5) is 23.9. The Morgan fingerprint density at radius 3 is 2.63 bits per heavy atom. The van der Waals surface area contributed by atoms with E-state index in [1.54, 1.807) is 31.4 Å². The maximum Gasteiger partial charge on any atom is 0.348 e. The van der Waals surface area contributed by atoms with Crippen LogP contribution in [-0.4, -0.2) is 48.4 Å². The zero-order chi connectivity index (χ0) is 19.6. The van der Waals surface area contributed by atoms with Gasteiger partial charge < -0.3 is 19.5 Å². The second kappa shape index (κ2) is 8.08. The number of rotatable bonds is 6. The van der Waals surface area contributed by atoms with Gasteiger partial charge in [0.2, 0.25) is 5.28 Å². The second-order valence-electron chi connectivity index (χ2n) is 5.76. The van der Waals surface area contributed by atoms with Crippen molar-refractivity contribution in [3.63, 3.8) is 0 Å². The van der Waals surface area contributed by atoms with E-state index in [4.69, 9.17) is 21.1 Å². The van der Waals surface area contributed by atoms with E-state index in [1.165, 1.54) is 11.3 Å². The molecule has 0 fully saturated rings. The molecule has 3 aromatic rings. The molecule has 0 radical (unpaired) electrons. The van der Waals surface area contributed by atoms with Crippen molar-refractivity contribution in [3.8, 4) is 5.75 Å². The van der Waals surface area contributed by atoms with Gasteiger partial charge in [-0.1, -0.05) is 0 Å². The molecule has 7 nitrogen and oxygen atoms in total. The van der Waals surface area contributed by atoms with Gasteiger partial charge in [-0.05, 0) is 48.4 Å². The standard InChI is InChI=1S/C18H18ClN3O4S/c1-10-13-15(22(2)11-4-6-12(23)7-5-11)20-18(19)21-16(13)27-14(10)17(24)26-9-8-25-3/h4-7,23H,8-9H2,1-3H3. The molecule has 2 aromatic heterocycles. The number of phenols is 1. The van der Waals surface area contributed by atoms with Gasteiger partial charge in [-0.15, -0.1) is 11.3 Å². The van der Waals surface area contributed by atoms with Crippen molar-refractivity contribution in [1.82, 2.24) is 9.97 Å². The number of fused-ring (bicyclic) bond motifs is 1. The Bertz CT molecular complexity index is 975. The molecule has 0 unspecified atom stereocenters. The number of aryl methyl sites for hydroxylation is 1. The van der Waals surface area contributed by atoms with E-state index < -0.39 is 5.97 Å². The molecule has 0 bridgehead atoms.